The molecule has 1 saturated heterocycles. The average Bonchev–Trinajstić information content (AvgIpc) is 3.07. The second kappa shape index (κ2) is 16.4. The van der Waals surface area contributed by atoms with Gasteiger partial charge in [0.1, 0.15) is 5.75 Å². The van der Waals surface area contributed by atoms with E-state index in [9.17, 15) is 18.0 Å². The molecule has 4 aromatic carbocycles. The number of carboxylic acids is 1. The zero-order chi connectivity index (χ0) is 34.1. The molecule has 48 heavy (non-hydrogen) atoms. The largest absolute Gasteiger partial charge is 0.491 e. The van der Waals surface area contributed by atoms with E-state index in [2.05, 4.69) is 34.1 Å². The van der Waals surface area contributed by atoms with Crippen LogP contribution in [0.1, 0.15) is 41.5 Å². The number of carbonyl (C=O) groups is 1. The summed E-state index contributed by atoms with van der Waals surface area (Å²) < 4.78 is 47.6. The number of nitrogens with zero attached hydrogens (tertiary/aromatic N) is 3. The molecular weight excluding hydrogens is 639 g/mol. The minimum atomic E-state index is -4.54. The minimum absolute atomic E-state index is 0.0131. The third-order valence-electron chi connectivity index (χ3n) is 8.73. The number of hydrogen-bond donors (Lipinski definition) is 1. The first-order chi connectivity index (χ1) is 23.1. The highest BCUT2D eigenvalue weighted by Crippen LogP contribution is 2.37. The molecule has 1 atom stereocenters. The second-order valence-corrected chi connectivity index (χ2v) is 12.6. The third kappa shape index (κ3) is 9.75. The number of alkyl halides is 3. The number of hydrogen-bond acceptors (Lipinski definition) is 5. The number of halogens is 4. The van der Waals surface area contributed by atoms with Crippen molar-refractivity contribution in [3.05, 3.63) is 130 Å². The van der Waals surface area contributed by atoms with Crippen LogP contribution >= 0.6 is 11.6 Å². The number of aliphatic carboxylic acids is 1. The van der Waals surface area contributed by atoms with Crippen LogP contribution in [0.5, 0.6) is 5.75 Å². The molecule has 4 aromatic rings. The maximum Gasteiger partial charge on any atom is 0.417 e. The highest BCUT2D eigenvalue weighted by atomic mass is 35.5. The normalized spacial score (nSPS) is 14.8. The standard InChI is InChI=1S/C38H41ClF3N3O3/c1-28(48-33-16-9-15-32(24-33)45-22-20-43(21-23-45)27-36(46)47)18-19-44(25-31-14-8-17-35(37(31)39)38(40,41)42)26-34(29-10-4-2-5-11-29)30-12-6-3-7-13-30/h2-17,24,28,34H,18-23,25-27H2,1H3,(H,46,47). The van der Waals surface area contributed by atoms with Crippen LogP contribution in [0, 0.1) is 0 Å². The van der Waals surface area contributed by atoms with E-state index in [1.165, 1.54) is 6.07 Å². The van der Waals surface area contributed by atoms with Crippen molar-refractivity contribution in [3.63, 3.8) is 0 Å². The average molecular weight is 680 g/mol. The predicted molar refractivity (Wildman–Crippen MR) is 184 cm³/mol. The lowest BCUT2D eigenvalue weighted by molar-refractivity contribution is -0.139. The number of piperazine rings is 1. The maximum atomic E-state index is 13.7. The molecule has 1 aliphatic rings. The Kier molecular flexibility index (Phi) is 12.0. The van der Waals surface area contributed by atoms with Crippen LogP contribution in [0.3, 0.4) is 0 Å². The smallest absolute Gasteiger partial charge is 0.417 e. The molecule has 5 rings (SSSR count). The summed E-state index contributed by atoms with van der Waals surface area (Å²) in [5, 5.41) is 8.83. The lowest BCUT2D eigenvalue weighted by atomic mass is 9.90. The van der Waals surface area contributed by atoms with Gasteiger partial charge in [-0.1, -0.05) is 90.5 Å². The number of rotatable bonds is 14. The third-order valence-corrected chi connectivity index (χ3v) is 9.17. The van der Waals surface area contributed by atoms with E-state index >= 15 is 0 Å². The van der Waals surface area contributed by atoms with Crippen molar-refractivity contribution in [2.75, 3.05) is 50.7 Å². The molecule has 0 spiro atoms. The molecule has 1 unspecified atom stereocenters. The summed E-state index contributed by atoms with van der Waals surface area (Å²) in [7, 11) is 0. The van der Waals surface area contributed by atoms with Crippen LogP contribution in [0.25, 0.3) is 0 Å². The van der Waals surface area contributed by atoms with Gasteiger partial charge in [0, 0.05) is 63.5 Å². The number of carboxylic acid groups (broad SMARTS) is 1. The van der Waals surface area contributed by atoms with E-state index < -0.39 is 17.7 Å². The van der Waals surface area contributed by atoms with Crippen molar-refractivity contribution in [1.82, 2.24) is 9.80 Å². The van der Waals surface area contributed by atoms with E-state index in [1.54, 1.807) is 6.07 Å². The van der Waals surface area contributed by atoms with Crippen LogP contribution in [0.15, 0.2) is 103 Å². The first-order valence-corrected chi connectivity index (χ1v) is 16.6. The highest BCUT2D eigenvalue weighted by Gasteiger charge is 2.34. The Balaban J connectivity index is 1.31. The van der Waals surface area contributed by atoms with Crippen molar-refractivity contribution in [2.24, 2.45) is 0 Å². The highest BCUT2D eigenvalue weighted by molar-refractivity contribution is 6.32. The zero-order valence-corrected chi connectivity index (χ0v) is 27.7. The summed E-state index contributed by atoms with van der Waals surface area (Å²) in [6, 6.07) is 32.3. The molecule has 0 bridgehead atoms. The fraction of sp³-hybridized carbons (Fsp3) is 0.342. The molecule has 254 valence electrons. The summed E-state index contributed by atoms with van der Waals surface area (Å²) in [6.45, 7) is 6.22. The van der Waals surface area contributed by atoms with Crippen molar-refractivity contribution >= 4 is 23.3 Å². The summed E-state index contributed by atoms with van der Waals surface area (Å²) in [5.41, 5.74) is 2.85. The Bertz CT molecular complexity index is 1580. The predicted octanol–water partition coefficient (Wildman–Crippen LogP) is 8.06. The Labute approximate surface area is 285 Å². The van der Waals surface area contributed by atoms with E-state index in [-0.39, 0.29) is 30.1 Å². The van der Waals surface area contributed by atoms with Crippen LogP contribution in [0.2, 0.25) is 5.02 Å². The monoisotopic (exact) mass is 679 g/mol. The van der Waals surface area contributed by atoms with Crippen LogP contribution in [-0.2, 0) is 17.5 Å². The summed E-state index contributed by atoms with van der Waals surface area (Å²) >= 11 is 6.38. The molecule has 1 N–H and O–H groups in total. The quantitative estimate of drug-likeness (QED) is 0.146. The Morgan fingerprint density at radius 3 is 2.12 bits per heavy atom. The Hall–Kier alpha value is -4.05. The van der Waals surface area contributed by atoms with Gasteiger partial charge >= 0.3 is 12.1 Å². The molecule has 10 heteroatoms. The number of anilines is 1. The molecular formula is C38H41ClF3N3O3. The van der Waals surface area contributed by atoms with Crippen LogP contribution < -0.4 is 9.64 Å². The summed E-state index contributed by atoms with van der Waals surface area (Å²) in [5.74, 6) is -0.104. The molecule has 0 radical (unpaired) electrons. The number of benzene rings is 4. The van der Waals surface area contributed by atoms with Gasteiger partial charge in [-0.15, -0.1) is 0 Å². The molecule has 1 aliphatic heterocycles. The second-order valence-electron chi connectivity index (χ2n) is 12.3. The van der Waals surface area contributed by atoms with Gasteiger partial charge in [-0.3, -0.25) is 14.6 Å². The SMILES string of the molecule is CC(CCN(Cc1cccc(C(F)(F)F)c1Cl)CC(c1ccccc1)c1ccccc1)Oc1cccc(N2CCN(CC(=O)O)CC2)c1. The Morgan fingerprint density at radius 1 is 0.896 bits per heavy atom. The van der Waals surface area contributed by atoms with E-state index in [1.807, 2.05) is 72.5 Å². The van der Waals surface area contributed by atoms with Crippen molar-refractivity contribution in [1.29, 1.82) is 0 Å². The van der Waals surface area contributed by atoms with Crippen LogP contribution in [-0.4, -0.2) is 72.8 Å². The molecule has 1 heterocycles. The van der Waals surface area contributed by atoms with Gasteiger partial charge in [0.2, 0.25) is 0 Å². The fourth-order valence-corrected chi connectivity index (χ4v) is 6.49. The lowest BCUT2D eigenvalue weighted by Gasteiger charge is -2.35. The van der Waals surface area contributed by atoms with Crippen molar-refractivity contribution < 1.29 is 27.8 Å². The molecule has 1 fully saturated rings. The van der Waals surface area contributed by atoms with E-state index in [0.29, 0.717) is 38.2 Å². The molecule has 0 aliphatic carbocycles. The molecule has 0 amide bonds. The first kappa shape index (κ1) is 35.3. The van der Waals surface area contributed by atoms with Crippen molar-refractivity contribution in [2.45, 2.75) is 38.1 Å². The van der Waals surface area contributed by atoms with Gasteiger partial charge in [0.15, 0.2) is 0 Å². The van der Waals surface area contributed by atoms with Gasteiger partial charge in [0.25, 0.3) is 0 Å². The van der Waals surface area contributed by atoms with Gasteiger partial charge < -0.3 is 14.7 Å². The topological polar surface area (TPSA) is 56.2 Å². The molecule has 0 saturated carbocycles. The van der Waals surface area contributed by atoms with Gasteiger partial charge in [-0.25, -0.2) is 0 Å². The molecule has 0 aromatic heterocycles. The zero-order valence-electron chi connectivity index (χ0n) is 27.0. The van der Waals surface area contributed by atoms with Crippen molar-refractivity contribution in [3.8, 4) is 5.75 Å². The van der Waals surface area contributed by atoms with Gasteiger partial charge in [-0.05, 0) is 48.2 Å². The minimum Gasteiger partial charge on any atom is -0.491 e. The number of ether oxygens (including phenoxy) is 1. The van der Waals surface area contributed by atoms with Crippen LogP contribution in [0.4, 0.5) is 18.9 Å². The van der Waals surface area contributed by atoms with Gasteiger partial charge in [0.05, 0.1) is 23.2 Å². The lowest BCUT2D eigenvalue weighted by Crippen LogP contribution is -2.47. The summed E-state index contributed by atoms with van der Waals surface area (Å²) in [6.07, 6.45) is -4.10. The first-order valence-electron chi connectivity index (χ1n) is 16.2. The summed E-state index contributed by atoms with van der Waals surface area (Å²) in [4.78, 5) is 17.4. The van der Waals surface area contributed by atoms with E-state index in [0.717, 1.165) is 41.7 Å². The Morgan fingerprint density at radius 2 is 1.52 bits per heavy atom. The fourth-order valence-electron chi connectivity index (χ4n) is 6.19. The van der Waals surface area contributed by atoms with Gasteiger partial charge in [-0.2, -0.15) is 13.2 Å². The maximum absolute atomic E-state index is 13.7. The molecule has 6 nitrogen and oxygen atoms in total. The van der Waals surface area contributed by atoms with E-state index in [4.69, 9.17) is 21.4 Å².